The van der Waals surface area contributed by atoms with Crippen LogP contribution in [0.15, 0.2) is 59.0 Å². The largest absolute Gasteiger partial charge is 0.451 e. The topological polar surface area (TPSA) is 115 Å². The van der Waals surface area contributed by atoms with E-state index in [0.29, 0.717) is 16.8 Å². The molecule has 8 nitrogen and oxygen atoms in total. The molecule has 0 bridgehead atoms. The quantitative estimate of drug-likeness (QED) is 0.572. The van der Waals surface area contributed by atoms with Crippen molar-refractivity contribution in [2.75, 3.05) is 11.4 Å². The summed E-state index contributed by atoms with van der Waals surface area (Å²) in [6.45, 7) is 2.00. The fourth-order valence-electron chi connectivity index (χ4n) is 3.16. The predicted octanol–water partition coefficient (Wildman–Crippen LogP) is 3.23. The van der Waals surface area contributed by atoms with Gasteiger partial charge in [-0.3, -0.25) is 25.2 Å². The Hall–Kier alpha value is -4.12. The first-order chi connectivity index (χ1) is 15.0. The maximum atomic E-state index is 12.6. The number of amides is 3. The normalized spacial score (nSPS) is 10.3. The van der Waals surface area contributed by atoms with Crippen LogP contribution >= 0.6 is 0 Å². The number of benzene rings is 2. The lowest BCUT2D eigenvalue weighted by molar-refractivity contribution is -0.125. The molecule has 3 aromatic rings. The Bertz CT molecular complexity index is 1130. The minimum atomic E-state index is -0.576. The Kier molecular flexibility index (Phi) is 7.01. The molecule has 0 saturated heterocycles. The van der Waals surface area contributed by atoms with Gasteiger partial charge in [0.05, 0.1) is 12.5 Å². The lowest BCUT2D eigenvalue weighted by atomic mass is 10.1. The van der Waals surface area contributed by atoms with Gasteiger partial charge < -0.3 is 9.32 Å². The van der Waals surface area contributed by atoms with E-state index >= 15 is 0 Å². The number of hydrogen-bond acceptors (Lipinski definition) is 5. The van der Waals surface area contributed by atoms with Crippen molar-refractivity contribution in [1.29, 1.82) is 5.26 Å². The van der Waals surface area contributed by atoms with Crippen molar-refractivity contribution in [3.63, 3.8) is 0 Å². The highest BCUT2D eigenvalue weighted by molar-refractivity contribution is 6.00. The Morgan fingerprint density at radius 1 is 1.00 bits per heavy atom. The van der Waals surface area contributed by atoms with Gasteiger partial charge in [0.25, 0.3) is 0 Å². The summed E-state index contributed by atoms with van der Waals surface area (Å²) in [5, 5.41) is 9.67. The summed E-state index contributed by atoms with van der Waals surface area (Å²) in [7, 11) is 0. The summed E-state index contributed by atoms with van der Waals surface area (Å²) in [6, 6.07) is 18.2. The van der Waals surface area contributed by atoms with E-state index in [4.69, 9.17) is 9.68 Å². The van der Waals surface area contributed by atoms with Gasteiger partial charge in [-0.25, -0.2) is 0 Å². The SMILES string of the molecule is Cc1c(C(=O)NNC(=O)CCC(=O)N(CCC#N)c2ccccc2)oc2ccccc12. The lowest BCUT2D eigenvalue weighted by Gasteiger charge is -2.21. The van der Waals surface area contributed by atoms with E-state index < -0.39 is 11.8 Å². The number of nitrogens with one attached hydrogen (secondary N) is 2. The summed E-state index contributed by atoms with van der Waals surface area (Å²) in [5.74, 6) is -1.25. The van der Waals surface area contributed by atoms with E-state index in [0.717, 1.165) is 5.39 Å². The van der Waals surface area contributed by atoms with Crippen LogP contribution in [-0.4, -0.2) is 24.3 Å². The maximum Gasteiger partial charge on any atom is 0.305 e. The number of fused-ring (bicyclic) bond motifs is 1. The zero-order valence-corrected chi connectivity index (χ0v) is 17.1. The molecule has 3 amide bonds. The molecule has 0 saturated carbocycles. The first kappa shape index (κ1) is 21.6. The number of anilines is 1. The molecular weight excluding hydrogens is 396 g/mol. The van der Waals surface area contributed by atoms with Gasteiger partial charge in [-0.05, 0) is 25.1 Å². The third-order valence-corrected chi connectivity index (χ3v) is 4.75. The molecule has 0 aliphatic carbocycles. The molecule has 0 unspecified atom stereocenters. The van der Waals surface area contributed by atoms with Crippen molar-refractivity contribution in [2.24, 2.45) is 0 Å². The number of rotatable bonds is 7. The minimum absolute atomic E-state index is 0.0638. The van der Waals surface area contributed by atoms with Gasteiger partial charge in [-0.1, -0.05) is 36.4 Å². The van der Waals surface area contributed by atoms with Crippen LogP contribution < -0.4 is 15.8 Å². The van der Waals surface area contributed by atoms with E-state index in [-0.39, 0.29) is 37.5 Å². The molecule has 0 aliphatic heterocycles. The highest BCUT2D eigenvalue weighted by Crippen LogP contribution is 2.24. The van der Waals surface area contributed by atoms with Gasteiger partial charge >= 0.3 is 5.91 Å². The van der Waals surface area contributed by atoms with Crippen molar-refractivity contribution in [1.82, 2.24) is 10.9 Å². The van der Waals surface area contributed by atoms with Crippen molar-refractivity contribution in [3.8, 4) is 6.07 Å². The van der Waals surface area contributed by atoms with Crippen LogP contribution in [0.3, 0.4) is 0 Å². The third kappa shape index (κ3) is 5.28. The van der Waals surface area contributed by atoms with Crippen LogP contribution in [0.25, 0.3) is 11.0 Å². The van der Waals surface area contributed by atoms with Gasteiger partial charge in [0.15, 0.2) is 5.76 Å². The van der Waals surface area contributed by atoms with Crippen molar-refractivity contribution >= 4 is 34.4 Å². The Balaban J connectivity index is 1.54. The van der Waals surface area contributed by atoms with Crippen molar-refractivity contribution in [3.05, 3.63) is 65.9 Å². The molecule has 158 valence electrons. The number of nitriles is 1. The molecule has 2 aromatic carbocycles. The first-order valence-corrected chi connectivity index (χ1v) is 9.81. The summed E-state index contributed by atoms with van der Waals surface area (Å²) in [4.78, 5) is 38.6. The molecule has 0 spiro atoms. The second kappa shape index (κ2) is 10.1. The van der Waals surface area contributed by atoms with Gasteiger partial charge in [0.1, 0.15) is 5.58 Å². The molecule has 0 atom stereocenters. The fraction of sp³-hybridized carbons (Fsp3) is 0.217. The average Bonchev–Trinajstić information content (AvgIpc) is 3.13. The van der Waals surface area contributed by atoms with E-state index in [1.165, 1.54) is 4.90 Å². The van der Waals surface area contributed by atoms with Crippen molar-refractivity contribution < 1.29 is 18.8 Å². The number of hydrazine groups is 1. The van der Waals surface area contributed by atoms with Gasteiger partial charge in [0.2, 0.25) is 11.8 Å². The summed E-state index contributed by atoms with van der Waals surface area (Å²) < 4.78 is 5.56. The highest BCUT2D eigenvalue weighted by Gasteiger charge is 2.19. The van der Waals surface area contributed by atoms with E-state index in [1.807, 2.05) is 24.3 Å². The number of furan rings is 1. The van der Waals surface area contributed by atoms with Crippen LogP contribution in [0, 0.1) is 18.3 Å². The number of aryl methyl sites for hydroxylation is 1. The second-order valence-electron chi connectivity index (χ2n) is 6.84. The smallest absolute Gasteiger partial charge is 0.305 e. The molecule has 31 heavy (non-hydrogen) atoms. The molecule has 1 heterocycles. The highest BCUT2D eigenvalue weighted by atomic mass is 16.3. The fourth-order valence-corrected chi connectivity index (χ4v) is 3.16. The molecule has 0 fully saturated rings. The monoisotopic (exact) mass is 418 g/mol. The standard InChI is InChI=1S/C23H22N4O4/c1-16-18-10-5-6-11-19(18)31-22(16)23(30)26-25-20(28)12-13-21(29)27(15-7-14-24)17-8-3-2-4-9-17/h2-6,8-11H,7,12-13,15H2,1H3,(H,25,28)(H,26,30). The second-order valence-corrected chi connectivity index (χ2v) is 6.84. The molecule has 2 N–H and O–H groups in total. The molecule has 8 heteroatoms. The lowest BCUT2D eigenvalue weighted by Crippen LogP contribution is -2.42. The van der Waals surface area contributed by atoms with Crippen LogP contribution in [0.4, 0.5) is 5.69 Å². The number of hydrogen-bond donors (Lipinski definition) is 2. The molecule has 3 rings (SSSR count). The van der Waals surface area contributed by atoms with Crippen LogP contribution in [0.5, 0.6) is 0 Å². The first-order valence-electron chi connectivity index (χ1n) is 9.81. The zero-order chi connectivity index (χ0) is 22.2. The predicted molar refractivity (Wildman–Crippen MR) is 115 cm³/mol. The molecule has 0 aliphatic rings. The number of carbonyl (C=O) groups excluding carboxylic acids is 3. The summed E-state index contributed by atoms with van der Waals surface area (Å²) in [5.41, 5.74) is 6.55. The van der Waals surface area contributed by atoms with E-state index in [9.17, 15) is 14.4 Å². The Morgan fingerprint density at radius 2 is 1.71 bits per heavy atom. The van der Waals surface area contributed by atoms with Crippen molar-refractivity contribution in [2.45, 2.75) is 26.2 Å². The number of carbonyl (C=O) groups is 3. The Morgan fingerprint density at radius 3 is 2.42 bits per heavy atom. The van der Waals surface area contributed by atoms with Gasteiger partial charge in [0, 0.05) is 36.0 Å². The summed E-state index contributed by atoms with van der Waals surface area (Å²) >= 11 is 0. The van der Waals surface area contributed by atoms with Gasteiger partial charge in [-0.2, -0.15) is 5.26 Å². The maximum absolute atomic E-state index is 12.6. The molecule has 1 aromatic heterocycles. The molecule has 0 radical (unpaired) electrons. The van der Waals surface area contributed by atoms with E-state index in [2.05, 4.69) is 10.9 Å². The number of para-hydroxylation sites is 2. The zero-order valence-electron chi connectivity index (χ0n) is 17.1. The van der Waals surface area contributed by atoms with Crippen LogP contribution in [0.2, 0.25) is 0 Å². The van der Waals surface area contributed by atoms with Crippen LogP contribution in [0.1, 0.15) is 35.4 Å². The Labute approximate surface area is 179 Å². The van der Waals surface area contributed by atoms with Gasteiger partial charge in [-0.15, -0.1) is 0 Å². The minimum Gasteiger partial charge on any atom is -0.451 e. The van der Waals surface area contributed by atoms with E-state index in [1.54, 1.807) is 43.3 Å². The molecular formula is C23H22N4O4. The summed E-state index contributed by atoms with van der Waals surface area (Å²) in [6.07, 6.45) is -0.000452. The third-order valence-electron chi connectivity index (χ3n) is 4.75. The number of nitrogens with zero attached hydrogens (tertiary/aromatic N) is 2. The van der Waals surface area contributed by atoms with Crippen LogP contribution in [-0.2, 0) is 9.59 Å². The average molecular weight is 418 g/mol.